The lowest BCUT2D eigenvalue weighted by Crippen LogP contribution is -2.33. The highest BCUT2D eigenvalue weighted by molar-refractivity contribution is 5.35. The van der Waals surface area contributed by atoms with E-state index in [1.165, 1.54) is 43.2 Å². The van der Waals surface area contributed by atoms with E-state index in [4.69, 9.17) is 10.5 Å². The summed E-state index contributed by atoms with van der Waals surface area (Å²) in [5, 5.41) is 0. The molecule has 0 bridgehead atoms. The first-order valence-electron chi connectivity index (χ1n) is 7.62. The zero-order valence-corrected chi connectivity index (χ0v) is 12.3. The van der Waals surface area contributed by atoms with Crippen molar-refractivity contribution >= 4 is 0 Å². The molecular weight excluding hydrogens is 234 g/mol. The smallest absolute Gasteiger partial charge is 0.122 e. The normalized spacial score (nSPS) is 18.3. The molecule has 1 aromatic carbocycles. The zero-order chi connectivity index (χ0) is 13.7. The van der Waals surface area contributed by atoms with Crippen LogP contribution in [0.3, 0.4) is 0 Å². The van der Waals surface area contributed by atoms with E-state index >= 15 is 0 Å². The van der Waals surface area contributed by atoms with Crippen LogP contribution in [0.5, 0.6) is 5.75 Å². The average molecular weight is 261 g/mol. The van der Waals surface area contributed by atoms with Gasteiger partial charge >= 0.3 is 0 Å². The predicted molar refractivity (Wildman–Crippen MR) is 80.6 cm³/mol. The van der Waals surface area contributed by atoms with E-state index in [2.05, 4.69) is 32.0 Å². The molecule has 1 unspecified atom stereocenters. The number of rotatable bonds is 5. The van der Waals surface area contributed by atoms with Crippen molar-refractivity contribution in [3.63, 3.8) is 0 Å². The molecule has 1 saturated carbocycles. The van der Waals surface area contributed by atoms with Crippen LogP contribution in [-0.4, -0.2) is 12.6 Å². The molecular formula is C17H27NO. The van der Waals surface area contributed by atoms with Crippen molar-refractivity contribution in [2.24, 2.45) is 11.7 Å². The Morgan fingerprint density at radius 2 is 1.95 bits per heavy atom. The lowest BCUT2D eigenvalue weighted by atomic mass is 9.83. The highest BCUT2D eigenvalue weighted by atomic mass is 16.5. The van der Waals surface area contributed by atoms with Crippen LogP contribution in [0.25, 0.3) is 0 Å². The fraction of sp³-hybridized carbons (Fsp3) is 0.647. The van der Waals surface area contributed by atoms with Gasteiger partial charge in [0.1, 0.15) is 5.75 Å². The Bertz CT molecular complexity index is 396. The van der Waals surface area contributed by atoms with Crippen molar-refractivity contribution in [1.82, 2.24) is 0 Å². The van der Waals surface area contributed by atoms with Gasteiger partial charge in [0.05, 0.1) is 6.61 Å². The van der Waals surface area contributed by atoms with Crippen LogP contribution in [-0.2, 0) is 0 Å². The third kappa shape index (κ3) is 4.24. The summed E-state index contributed by atoms with van der Waals surface area (Å²) in [6, 6.07) is 6.66. The second-order valence-corrected chi connectivity index (χ2v) is 5.97. The van der Waals surface area contributed by atoms with E-state index in [0.29, 0.717) is 6.04 Å². The summed E-state index contributed by atoms with van der Waals surface area (Å²) in [4.78, 5) is 0. The molecule has 2 heteroatoms. The maximum atomic E-state index is 6.30. The van der Waals surface area contributed by atoms with Crippen LogP contribution in [0, 0.1) is 19.8 Å². The summed E-state index contributed by atoms with van der Waals surface area (Å²) in [6.45, 7) is 4.93. The molecule has 0 spiro atoms. The number of aryl methyl sites for hydroxylation is 2. The van der Waals surface area contributed by atoms with Gasteiger partial charge in [-0.15, -0.1) is 0 Å². The van der Waals surface area contributed by atoms with Crippen molar-refractivity contribution in [3.8, 4) is 5.75 Å². The molecule has 2 rings (SSSR count). The van der Waals surface area contributed by atoms with Gasteiger partial charge in [0.15, 0.2) is 0 Å². The Labute approximate surface area is 117 Å². The minimum Gasteiger partial charge on any atom is -0.493 e. The largest absolute Gasteiger partial charge is 0.493 e. The lowest BCUT2D eigenvalue weighted by Gasteiger charge is -2.27. The standard InChI is InChI=1S/C17H27NO/c1-13-8-9-14(2)17(12-13)19-11-10-16(18)15-6-4-3-5-7-15/h8-9,12,15-16H,3-7,10-11,18H2,1-2H3. The van der Waals surface area contributed by atoms with Crippen molar-refractivity contribution < 1.29 is 4.74 Å². The fourth-order valence-corrected chi connectivity index (χ4v) is 2.97. The first-order chi connectivity index (χ1) is 9.16. The van der Waals surface area contributed by atoms with Gasteiger partial charge in [-0.05, 0) is 56.2 Å². The fourth-order valence-electron chi connectivity index (χ4n) is 2.97. The molecule has 106 valence electrons. The van der Waals surface area contributed by atoms with E-state index in [1.807, 2.05) is 0 Å². The van der Waals surface area contributed by atoms with E-state index < -0.39 is 0 Å². The molecule has 0 aromatic heterocycles. The van der Waals surface area contributed by atoms with Gasteiger partial charge in [-0.1, -0.05) is 31.4 Å². The summed E-state index contributed by atoms with van der Waals surface area (Å²) in [5.74, 6) is 1.73. The van der Waals surface area contributed by atoms with E-state index in [0.717, 1.165) is 24.7 Å². The van der Waals surface area contributed by atoms with Crippen molar-refractivity contribution in [2.45, 2.75) is 58.4 Å². The molecule has 0 radical (unpaired) electrons. The van der Waals surface area contributed by atoms with Gasteiger partial charge in [-0.2, -0.15) is 0 Å². The van der Waals surface area contributed by atoms with Crippen LogP contribution >= 0.6 is 0 Å². The molecule has 0 heterocycles. The molecule has 0 saturated heterocycles. The minimum absolute atomic E-state index is 0.311. The van der Waals surface area contributed by atoms with Crippen molar-refractivity contribution in [1.29, 1.82) is 0 Å². The third-order valence-corrected chi connectivity index (χ3v) is 4.31. The molecule has 19 heavy (non-hydrogen) atoms. The number of hydrogen-bond donors (Lipinski definition) is 1. The van der Waals surface area contributed by atoms with Gasteiger partial charge in [0.2, 0.25) is 0 Å². The Morgan fingerprint density at radius 1 is 1.21 bits per heavy atom. The minimum atomic E-state index is 0.311. The predicted octanol–water partition coefficient (Wildman–Crippen LogP) is 3.98. The second-order valence-electron chi connectivity index (χ2n) is 5.97. The first kappa shape index (κ1) is 14.4. The Morgan fingerprint density at radius 3 is 2.68 bits per heavy atom. The Balaban J connectivity index is 1.77. The van der Waals surface area contributed by atoms with Gasteiger partial charge in [-0.3, -0.25) is 0 Å². The summed E-state index contributed by atoms with van der Waals surface area (Å²) in [5.41, 5.74) is 8.75. The number of benzene rings is 1. The molecule has 2 nitrogen and oxygen atoms in total. The molecule has 1 aromatic rings. The van der Waals surface area contributed by atoms with Gasteiger partial charge < -0.3 is 10.5 Å². The lowest BCUT2D eigenvalue weighted by molar-refractivity contribution is 0.242. The monoisotopic (exact) mass is 261 g/mol. The van der Waals surface area contributed by atoms with Gasteiger partial charge in [0, 0.05) is 6.04 Å². The summed E-state index contributed by atoms with van der Waals surface area (Å²) < 4.78 is 5.90. The van der Waals surface area contributed by atoms with E-state index in [1.54, 1.807) is 0 Å². The molecule has 1 aliphatic rings. The molecule has 1 fully saturated rings. The van der Waals surface area contributed by atoms with Gasteiger partial charge in [-0.25, -0.2) is 0 Å². The third-order valence-electron chi connectivity index (χ3n) is 4.31. The number of nitrogens with two attached hydrogens (primary N) is 1. The number of hydrogen-bond acceptors (Lipinski definition) is 2. The number of ether oxygens (including phenoxy) is 1. The van der Waals surface area contributed by atoms with Crippen molar-refractivity contribution in [3.05, 3.63) is 29.3 Å². The summed E-state index contributed by atoms with van der Waals surface area (Å²) in [6.07, 6.45) is 7.70. The Kier molecular flexibility index (Phi) is 5.26. The molecule has 1 aliphatic carbocycles. The molecule has 0 aliphatic heterocycles. The van der Waals surface area contributed by atoms with Crippen molar-refractivity contribution in [2.75, 3.05) is 6.61 Å². The van der Waals surface area contributed by atoms with E-state index in [-0.39, 0.29) is 0 Å². The quantitative estimate of drug-likeness (QED) is 0.870. The van der Waals surface area contributed by atoms with Crippen LogP contribution in [0.15, 0.2) is 18.2 Å². The molecule has 1 atom stereocenters. The van der Waals surface area contributed by atoms with Crippen LogP contribution in [0.1, 0.15) is 49.7 Å². The zero-order valence-electron chi connectivity index (χ0n) is 12.3. The SMILES string of the molecule is Cc1ccc(C)c(OCCC(N)C2CCCCC2)c1. The van der Waals surface area contributed by atoms with Crippen LogP contribution in [0.4, 0.5) is 0 Å². The van der Waals surface area contributed by atoms with Gasteiger partial charge in [0.25, 0.3) is 0 Å². The maximum Gasteiger partial charge on any atom is 0.122 e. The van der Waals surface area contributed by atoms with Crippen LogP contribution < -0.4 is 10.5 Å². The van der Waals surface area contributed by atoms with Crippen LogP contribution in [0.2, 0.25) is 0 Å². The molecule has 2 N–H and O–H groups in total. The molecule has 0 amide bonds. The second kappa shape index (κ2) is 6.95. The highest BCUT2D eigenvalue weighted by Crippen LogP contribution is 2.27. The summed E-state index contributed by atoms with van der Waals surface area (Å²) >= 11 is 0. The summed E-state index contributed by atoms with van der Waals surface area (Å²) in [7, 11) is 0. The highest BCUT2D eigenvalue weighted by Gasteiger charge is 2.20. The Hall–Kier alpha value is -1.02. The average Bonchev–Trinajstić information content (AvgIpc) is 2.43. The maximum absolute atomic E-state index is 6.30. The topological polar surface area (TPSA) is 35.2 Å². The first-order valence-corrected chi connectivity index (χ1v) is 7.62. The van der Waals surface area contributed by atoms with E-state index in [9.17, 15) is 0 Å².